The zero-order valence-corrected chi connectivity index (χ0v) is 22.7. The maximum Gasteiger partial charge on any atom is 0.344 e. The summed E-state index contributed by atoms with van der Waals surface area (Å²) < 4.78 is 52.3. The van der Waals surface area contributed by atoms with Crippen LogP contribution in [0, 0.1) is 11.7 Å². The molecular formula is C28H32FN3O6S. The number of fused-ring (bicyclic) bond motifs is 1. The minimum atomic E-state index is -3.79. The molecule has 1 saturated carbocycles. The Morgan fingerprint density at radius 2 is 1.77 bits per heavy atom. The van der Waals surface area contributed by atoms with Crippen molar-refractivity contribution in [1.82, 2.24) is 15.0 Å². The molecule has 4 rings (SSSR count). The van der Waals surface area contributed by atoms with Crippen LogP contribution in [0.2, 0.25) is 0 Å². The Morgan fingerprint density at radius 3 is 2.46 bits per heavy atom. The van der Waals surface area contributed by atoms with Crippen LogP contribution in [0.4, 0.5) is 4.39 Å². The molecular weight excluding hydrogens is 525 g/mol. The van der Waals surface area contributed by atoms with Crippen molar-refractivity contribution in [3.8, 4) is 5.88 Å². The largest absolute Gasteiger partial charge is 0.466 e. The van der Waals surface area contributed by atoms with Crippen LogP contribution in [0.15, 0.2) is 59.5 Å². The number of benzene rings is 2. The molecule has 2 N–H and O–H groups in total. The lowest BCUT2D eigenvalue weighted by Crippen LogP contribution is -2.41. The van der Waals surface area contributed by atoms with Crippen molar-refractivity contribution in [2.75, 3.05) is 13.2 Å². The molecule has 0 aliphatic heterocycles. The summed E-state index contributed by atoms with van der Waals surface area (Å²) in [4.78, 5) is 28.7. The number of nitrogens with zero attached hydrogens (tertiary/aromatic N) is 1. The van der Waals surface area contributed by atoms with Gasteiger partial charge in [-0.25, -0.2) is 27.3 Å². The molecule has 0 saturated heterocycles. The summed E-state index contributed by atoms with van der Waals surface area (Å²) in [6, 6.07) is 13.3. The van der Waals surface area contributed by atoms with Gasteiger partial charge < -0.3 is 14.8 Å². The predicted octanol–water partition coefficient (Wildman–Crippen LogP) is 4.03. The van der Waals surface area contributed by atoms with Gasteiger partial charge in [0, 0.05) is 23.4 Å². The molecule has 39 heavy (non-hydrogen) atoms. The minimum absolute atomic E-state index is 0.0826. The van der Waals surface area contributed by atoms with E-state index in [0.717, 1.165) is 5.56 Å². The number of halogens is 1. The van der Waals surface area contributed by atoms with Crippen molar-refractivity contribution < 1.29 is 31.9 Å². The summed E-state index contributed by atoms with van der Waals surface area (Å²) in [6.07, 6.45) is 2.20. The zero-order chi connectivity index (χ0) is 28.0. The summed E-state index contributed by atoms with van der Waals surface area (Å²) in [7, 11) is -3.79. The van der Waals surface area contributed by atoms with Crippen molar-refractivity contribution in [2.24, 2.45) is 5.92 Å². The Bertz CT molecular complexity index is 1420. The number of hydrogen-bond acceptors (Lipinski definition) is 7. The van der Waals surface area contributed by atoms with Crippen LogP contribution in [0.3, 0.4) is 0 Å². The highest BCUT2D eigenvalue weighted by atomic mass is 32.2. The van der Waals surface area contributed by atoms with Gasteiger partial charge in [0.2, 0.25) is 21.8 Å². The van der Waals surface area contributed by atoms with Crippen molar-refractivity contribution in [1.29, 1.82) is 0 Å². The van der Waals surface area contributed by atoms with Gasteiger partial charge in [0.25, 0.3) is 0 Å². The van der Waals surface area contributed by atoms with Gasteiger partial charge in [-0.15, -0.1) is 0 Å². The van der Waals surface area contributed by atoms with E-state index in [0.29, 0.717) is 36.6 Å². The molecule has 3 aromatic rings. The lowest BCUT2D eigenvalue weighted by atomic mass is 9.85. The maximum atomic E-state index is 13.2. The lowest BCUT2D eigenvalue weighted by Gasteiger charge is -2.29. The fraction of sp³-hybridized carbons (Fsp3) is 0.393. The predicted molar refractivity (Wildman–Crippen MR) is 143 cm³/mol. The molecule has 1 unspecified atom stereocenters. The molecule has 1 aliphatic carbocycles. The number of ether oxygens (including phenoxy) is 2. The summed E-state index contributed by atoms with van der Waals surface area (Å²) in [5.41, 5.74) is 1.34. The molecule has 9 nitrogen and oxygen atoms in total. The van der Waals surface area contributed by atoms with Crippen LogP contribution in [-0.4, -0.2) is 44.5 Å². The third-order valence-electron chi connectivity index (χ3n) is 6.74. The molecule has 1 aliphatic rings. The first-order valence-electron chi connectivity index (χ1n) is 12.9. The van der Waals surface area contributed by atoms with E-state index >= 15 is 0 Å². The number of carbonyl (C=O) groups excluding carboxylic acids is 2. The third kappa shape index (κ3) is 7.51. The molecule has 1 heterocycles. The Hall–Kier alpha value is -3.57. The first kappa shape index (κ1) is 28.4. The average Bonchev–Trinajstić information content (AvgIpc) is 2.92. The summed E-state index contributed by atoms with van der Waals surface area (Å²) >= 11 is 0. The first-order valence-corrected chi connectivity index (χ1v) is 14.4. The van der Waals surface area contributed by atoms with E-state index in [-0.39, 0.29) is 53.7 Å². The number of amides is 1. The Kier molecular flexibility index (Phi) is 9.13. The summed E-state index contributed by atoms with van der Waals surface area (Å²) in [5.74, 6) is -0.885. The first-order chi connectivity index (χ1) is 18.6. The number of nitrogens with one attached hydrogen (secondary N) is 2. The second-order valence-electron chi connectivity index (χ2n) is 9.55. The van der Waals surface area contributed by atoms with Gasteiger partial charge in [-0.05, 0) is 81.5 Å². The van der Waals surface area contributed by atoms with Crippen LogP contribution in [0.1, 0.15) is 51.1 Å². The quantitative estimate of drug-likeness (QED) is 0.361. The molecule has 11 heteroatoms. The van der Waals surface area contributed by atoms with Crippen molar-refractivity contribution in [2.45, 2.75) is 56.5 Å². The highest BCUT2D eigenvalue weighted by Crippen LogP contribution is 2.27. The van der Waals surface area contributed by atoms with Gasteiger partial charge in [0.05, 0.1) is 23.1 Å². The van der Waals surface area contributed by atoms with Gasteiger partial charge in [-0.3, -0.25) is 4.79 Å². The number of rotatable bonds is 10. The lowest BCUT2D eigenvalue weighted by molar-refractivity contribution is -0.145. The fourth-order valence-electron chi connectivity index (χ4n) is 4.59. The van der Waals surface area contributed by atoms with E-state index in [9.17, 15) is 22.4 Å². The topological polar surface area (TPSA) is 124 Å². The van der Waals surface area contributed by atoms with Crippen LogP contribution < -0.4 is 14.8 Å². The highest BCUT2D eigenvalue weighted by Gasteiger charge is 2.30. The van der Waals surface area contributed by atoms with Crippen molar-refractivity contribution in [3.63, 3.8) is 0 Å². The average molecular weight is 558 g/mol. The van der Waals surface area contributed by atoms with E-state index in [4.69, 9.17) is 9.47 Å². The molecule has 2 aromatic carbocycles. The molecule has 0 bridgehead atoms. The molecule has 1 amide bonds. The van der Waals surface area contributed by atoms with E-state index in [1.54, 1.807) is 37.3 Å². The second kappa shape index (κ2) is 12.5. The van der Waals surface area contributed by atoms with E-state index in [1.165, 1.54) is 24.3 Å². The molecule has 1 aromatic heterocycles. The van der Waals surface area contributed by atoms with E-state index in [2.05, 4.69) is 15.0 Å². The summed E-state index contributed by atoms with van der Waals surface area (Å²) in [5, 5.41) is 3.58. The smallest absolute Gasteiger partial charge is 0.344 e. The van der Waals surface area contributed by atoms with E-state index in [1.807, 2.05) is 6.92 Å². The van der Waals surface area contributed by atoms with Crippen LogP contribution in [-0.2, 0) is 24.3 Å². The standard InChI is InChI=1S/C28H32FN3O6S/c1-3-37-27(33)17-38-26-15-8-21-16-24(13-14-25(21)31-26)39(35,36)32-23-11-6-20(7-12-23)28(34)30-18(2)19-4-9-22(29)10-5-19/h4-5,8-10,13-16,18,20,23,32H,3,6-7,11-12,17H2,1-2H3,(H,30,34). The molecule has 0 spiro atoms. The second-order valence-corrected chi connectivity index (χ2v) is 11.3. The van der Waals surface area contributed by atoms with E-state index < -0.39 is 16.0 Å². The van der Waals surface area contributed by atoms with Crippen molar-refractivity contribution in [3.05, 3.63) is 66.0 Å². The highest BCUT2D eigenvalue weighted by molar-refractivity contribution is 7.89. The fourth-order valence-corrected chi connectivity index (χ4v) is 5.93. The van der Waals surface area contributed by atoms with Crippen molar-refractivity contribution >= 4 is 32.8 Å². The summed E-state index contributed by atoms with van der Waals surface area (Å²) in [6.45, 7) is 3.55. The molecule has 0 radical (unpaired) electrons. The number of hydrogen-bond donors (Lipinski definition) is 2. The molecule has 1 atom stereocenters. The van der Waals surface area contributed by atoms with Gasteiger partial charge >= 0.3 is 5.97 Å². The minimum Gasteiger partial charge on any atom is -0.466 e. The number of carbonyl (C=O) groups is 2. The SMILES string of the molecule is CCOC(=O)COc1ccc2cc(S(=O)(=O)NC3CCC(C(=O)NC(C)c4ccc(F)cc4)CC3)ccc2n1. The van der Waals surface area contributed by atoms with Gasteiger partial charge in [0.15, 0.2) is 6.61 Å². The normalized spacial score (nSPS) is 18.3. The van der Waals surface area contributed by atoms with Gasteiger partial charge in [0.1, 0.15) is 5.82 Å². The Morgan fingerprint density at radius 1 is 1.05 bits per heavy atom. The van der Waals surface area contributed by atoms with Crippen LogP contribution >= 0.6 is 0 Å². The molecule has 1 fully saturated rings. The maximum absolute atomic E-state index is 13.2. The Labute approximate surface area is 227 Å². The number of aromatic nitrogens is 1. The van der Waals surface area contributed by atoms with Gasteiger partial charge in [-0.2, -0.15) is 0 Å². The number of pyridine rings is 1. The monoisotopic (exact) mass is 557 g/mol. The zero-order valence-electron chi connectivity index (χ0n) is 21.9. The molecule has 208 valence electrons. The Balaban J connectivity index is 1.31. The number of sulfonamides is 1. The van der Waals surface area contributed by atoms with Crippen LogP contribution in [0.5, 0.6) is 5.88 Å². The van der Waals surface area contributed by atoms with Gasteiger partial charge in [-0.1, -0.05) is 12.1 Å². The third-order valence-corrected chi connectivity index (χ3v) is 8.26. The number of esters is 1. The van der Waals surface area contributed by atoms with Crippen LogP contribution in [0.25, 0.3) is 10.9 Å².